The molecule has 1 aromatic heterocycles. The second kappa shape index (κ2) is 7.51. The number of hydrogen-bond donors (Lipinski definition) is 3. The number of carbonyl (C=O) groups is 1. The molecule has 2 aliphatic carbocycles. The Kier molecular flexibility index (Phi) is 5.18. The molecule has 0 saturated heterocycles. The molecule has 0 radical (unpaired) electrons. The van der Waals surface area contributed by atoms with Gasteiger partial charge in [0, 0.05) is 36.9 Å². The Morgan fingerprint density at radius 3 is 2.72 bits per heavy atom. The third-order valence-corrected chi connectivity index (χ3v) is 6.26. The summed E-state index contributed by atoms with van der Waals surface area (Å²) in [5, 5.41) is 15.1. The fourth-order valence-corrected chi connectivity index (χ4v) is 4.29. The van der Waals surface area contributed by atoms with Crippen LogP contribution in [0.1, 0.15) is 57.2 Å². The molecule has 0 spiro atoms. The van der Waals surface area contributed by atoms with Crippen LogP contribution < -0.4 is 26.3 Å². The number of hydrazine groups is 1. The summed E-state index contributed by atoms with van der Waals surface area (Å²) in [6, 6.07) is -0.369. The zero-order chi connectivity index (χ0) is 20.8. The van der Waals surface area contributed by atoms with Crippen molar-refractivity contribution in [2.75, 3.05) is 11.6 Å². The van der Waals surface area contributed by atoms with Gasteiger partial charge in [-0.15, -0.1) is 0 Å². The number of aliphatic hydroxyl groups excluding tert-OH is 1. The van der Waals surface area contributed by atoms with Crippen molar-refractivity contribution in [2.45, 2.75) is 69.4 Å². The van der Waals surface area contributed by atoms with Crippen molar-refractivity contribution in [3.8, 4) is 0 Å². The Morgan fingerprint density at radius 1 is 1.38 bits per heavy atom. The molecule has 1 unspecified atom stereocenters. The fraction of sp³-hybridized carbons (Fsp3) is 0.650. The van der Waals surface area contributed by atoms with E-state index in [2.05, 4.69) is 22.3 Å². The highest BCUT2D eigenvalue weighted by Crippen LogP contribution is 2.41. The summed E-state index contributed by atoms with van der Waals surface area (Å²) >= 11 is 0. The van der Waals surface area contributed by atoms with E-state index < -0.39 is 5.92 Å². The zero-order valence-corrected chi connectivity index (χ0v) is 16.5. The molecule has 2 heterocycles. The van der Waals surface area contributed by atoms with Gasteiger partial charge in [-0.3, -0.25) is 9.80 Å². The predicted octanol–water partition coefficient (Wildman–Crippen LogP) is 0.518. The lowest BCUT2D eigenvalue weighted by atomic mass is 9.72. The van der Waals surface area contributed by atoms with Gasteiger partial charge in [0.15, 0.2) is 5.82 Å². The van der Waals surface area contributed by atoms with E-state index >= 15 is 0 Å². The van der Waals surface area contributed by atoms with E-state index in [1.807, 2.05) is 5.01 Å². The lowest BCUT2D eigenvalue weighted by Crippen LogP contribution is -2.47. The molecule has 7 nitrogen and oxygen atoms in total. The van der Waals surface area contributed by atoms with E-state index in [0.29, 0.717) is 29.8 Å². The van der Waals surface area contributed by atoms with Crippen LogP contribution >= 0.6 is 0 Å². The molecule has 9 heteroatoms. The number of fused-ring (bicyclic) bond motifs is 1. The first-order chi connectivity index (χ1) is 13.8. The van der Waals surface area contributed by atoms with Crippen LogP contribution in [0.2, 0.25) is 0 Å². The Morgan fingerprint density at radius 2 is 2.10 bits per heavy atom. The summed E-state index contributed by atoms with van der Waals surface area (Å²) in [7, 11) is 0. The van der Waals surface area contributed by atoms with Gasteiger partial charge in [0.25, 0.3) is 0 Å². The molecule has 0 aromatic carbocycles. The number of alkyl halides is 2. The molecule has 1 aromatic rings. The van der Waals surface area contributed by atoms with Crippen LogP contribution in [0.15, 0.2) is 0 Å². The van der Waals surface area contributed by atoms with Gasteiger partial charge >= 0.3 is 0 Å². The number of aromatic nitrogens is 2. The largest absolute Gasteiger partial charge is 0.394 e. The van der Waals surface area contributed by atoms with Gasteiger partial charge in [0.2, 0.25) is 11.8 Å². The Hall–Kier alpha value is -2.29. The van der Waals surface area contributed by atoms with Crippen LogP contribution in [0.3, 0.4) is 0 Å². The molecule has 158 valence electrons. The number of anilines is 1. The number of halogens is 2. The summed E-state index contributed by atoms with van der Waals surface area (Å²) in [6.45, 7) is 5.66. The van der Waals surface area contributed by atoms with Crippen molar-refractivity contribution in [1.82, 2.24) is 20.7 Å². The van der Waals surface area contributed by atoms with E-state index in [-0.39, 0.29) is 49.3 Å². The van der Waals surface area contributed by atoms with Crippen LogP contribution in [0, 0.1) is 5.92 Å². The highest BCUT2D eigenvalue weighted by Gasteiger charge is 2.41. The lowest BCUT2D eigenvalue weighted by molar-refractivity contribution is -0.129. The second-order valence-corrected chi connectivity index (χ2v) is 8.38. The zero-order valence-electron chi connectivity index (χ0n) is 16.5. The summed E-state index contributed by atoms with van der Waals surface area (Å²) < 4.78 is 27.1. The molecule has 3 N–H and O–H groups in total. The van der Waals surface area contributed by atoms with Crippen molar-refractivity contribution >= 4 is 24.5 Å². The SMILES string of the molecule is C=c1nc([C@@H]2CC[C@H]2C(=O)NC(C)CO)nc2c1=CNN2C1CCC(F)(F)CC1. The maximum Gasteiger partial charge on any atom is 0.248 e. The Balaban J connectivity index is 1.54. The normalized spacial score (nSPS) is 26.7. The Bertz CT molecular complexity index is 899. The fourth-order valence-electron chi connectivity index (χ4n) is 4.29. The average molecular weight is 407 g/mol. The van der Waals surface area contributed by atoms with Gasteiger partial charge in [0.05, 0.1) is 23.2 Å². The molecule has 1 amide bonds. The van der Waals surface area contributed by atoms with Crippen molar-refractivity contribution in [3.05, 3.63) is 16.4 Å². The molecular weight excluding hydrogens is 380 g/mol. The van der Waals surface area contributed by atoms with E-state index in [9.17, 15) is 13.6 Å². The monoisotopic (exact) mass is 407 g/mol. The molecule has 29 heavy (non-hydrogen) atoms. The van der Waals surface area contributed by atoms with Crippen molar-refractivity contribution in [1.29, 1.82) is 0 Å². The topological polar surface area (TPSA) is 90.4 Å². The van der Waals surface area contributed by atoms with E-state index in [1.165, 1.54) is 0 Å². The molecule has 2 fully saturated rings. The van der Waals surface area contributed by atoms with Crippen LogP contribution in [0.25, 0.3) is 12.8 Å². The molecule has 4 rings (SSSR count). The average Bonchev–Trinajstić information content (AvgIpc) is 3.05. The number of hydrogen-bond acceptors (Lipinski definition) is 6. The number of aliphatic hydroxyl groups is 1. The molecule has 1 aliphatic heterocycles. The van der Waals surface area contributed by atoms with Crippen molar-refractivity contribution in [2.24, 2.45) is 5.92 Å². The van der Waals surface area contributed by atoms with Gasteiger partial charge in [-0.2, -0.15) is 0 Å². The lowest BCUT2D eigenvalue weighted by Gasteiger charge is -2.37. The summed E-state index contributed by atoms with van der Waals surface area (Å²) in [4.78, 5) is 21.7. The highest BCUT2D eigenvalue weighted by atomic mass is 19.3. The first-order valence-corrected chi connectivity index (χ1v) is 10.2. The predicted molar refractivity (Wildman–Crippen MR) is 104 cm³/mol. The maximum absolute atomic E-state index is 13.5. The van der Waals surface area contributed by atoms with Crippen LogP contribution in [0.4, 0.5) is 14.6 Å². The van der Waals surface area contributed by atoms with Gasteiger partial charge in [0.1, 0.15) is 5.82 Å². The van der Waals surface area contributed by atoms with Crippen LogP contribution in [-0.4, -0.2) is 45.6 Å². The molecule has 0 bridgehead atoms. The molecular formula is C20H27F2N5O2. The molecule has 3 aliphatic rings. The highest BCUT2D eigenvalue weighted by molar-refractivity contribution is 5.80. The Labute approximate surface area is 167 Å². The van der Waals surface area contributed by atoms with E-state index in [1.54, 1.807) is 13.1 Å². The third-order valence-electron chi connectivity index (χ3n) is 6.26. The number of carbonyl (C=O) groups excluding carboxylic acids is 1. The standard InChI is InChI=1S/C20H27F2N5O2/c1-11(10-28)24-19(29)15-4-3-14(15)17-25-12(2)16-9-23-27(18(16)26-17)13-5-7-20(21,22)8-6-13/h9,11,13-15,23,28H,2-8,10H2,1H3,(H,24,29)/t11?,14-,15-/m1/s1. The number of nitrogens with one attached hydrogen (secondary N) is 2. The number of nitrogens with zero attached hydrogens (tertiary/aromatic N) is 3. The molecule has 3 atom stereocenters. The summed E-state index contributed by atoms with van der Waals surface area (Å²) in [6.07, 6.45) is 3.81. The number of rotatable bonds is 5. The minimum atomic E-state index is -2.59. The summed E-state index contributed by atoms with van der Waals surface area (Å²) in [5.74, 6) is -1.81. The van der Waals surface area contributed by atoms with Gasteiger partial charge < -0.3 is 15.8 Å². The quantitative estimate of drug-likeness (QED) is 0.659. The first kappa shape index (κ1) is 20.0. The maximum atomic E-state index is 13.5. The van der Waals surface area contributed by atoms with Crippen LogP contribution in [0.5, 0.6) is 0 Å². The molecule has 2 saturated carbocycles. The van der Waals surface area contributed by atoms with Gasteiger partial charge in [-0.25, -0.2) is 18.7 Å². The van der Waals surface area contributed by atoms with E-state index in [0.717, 1.165) is 18.1 Å². The summed E-state index contributed by atoms with van der Waals surface area (Å²) in [5.41, 5.74) is 3.14. The minimum Gasteiger partial charge on any atom is -0.394 e. The third kappa shape index (κ3) is 3.80. The number of amides is 1. The minimum absolute atomic E-state index is 0.0693. The van der Waals surface area contributed by atoms with Crippen LogP contribution in [-0.2, 0) is 4.79 Å². The van der Waals surface area contributed by atoms with Gasteiger partial charge in [-0.05, 0) is 32.6 Å². The second-order valence-electron chi connectivity index (χ2n) is 8.38. The smallest absolute Gasteiger partial charge is 0.248 e. The van der Waals surface area contributed by atoms with E-state index in [4.69, 9.17) is 10.1 Å². The van der Waals surface area contributed by atoms with Gasteiger partial charge in [-0.1, -0.05) is 6.58 Å². The van der Waals surface area contributed by atoms with Crippen molar-refractivity contribution in [3.63, 3.8) is 0 Å². The van der Waals surface area contributed by atoms with Crippen molar-refractivity contribution < 1.29 is 18.7 Å². The first-order valence-electron chi connectivity index (χ1n) is 10.2.